The molecule has 0 unspecified atom stereocenters. The zero-order valence-corrected chi connectivity index (χ0v) is 25.9. The number of hydrogen-bond acceptors (Lipinski definition) is 9. The second kappa shape index (κ2) is 9.62. The molecule has 0 radical (unpaired) electrons. The first-order valence-electron chi connectivity index (χ1n) is 12.2. The molecule has 12 N–H and O–H groups in total. The van der Waals surface area contributed by atoms with Gasteiger partial charge in [-0.3, -0.25) is 15.3 Å². The topological polar surface area (TPSA) is 222 Å². The van der Waals surface area contributed by atoms with Crippen molar-refractivity contribution in [3.05, 3.63) is 43.3 Å². The minimum atomic E-state index is -1.77. The van der Waals surface area contributed by atoms with Crippen molar-refractivity contribution in [3.8, 4) is 0 Å². The Labute approximate surface area is 257 Å². The molecule has 4 aliphatic rings. The number of aliphatic hydroxyl groups excluding tert-OH is 1. The minimum absolute atomic E-state index is 0.0000789. The Kier molecular flexibility index (Phi) is 6.70. The van der Waals surface area contributed by atoms with Gasteiger partial charge in [0.05, 0.1) is 20.4 Å². The van der Waals surface area contributed by atoms with Crippen LogP contribution in [0.5, 0.6) is 0 Å². The summed E-state index contributed by atoms with van der Waals surface area (Å²) >= 11 is 17.2. The lowest BCUT2D eigenvalue weighted by Crippen LogP contribution is -2.62. The van der Waals surface area contributed by atoms with Gasteiger partial charge in [-0.05, 0) is 65.8 Å². The van der Waals surface area contributed by atoms with Crippen LogP contribution < -0.4 is 32.7 Å². The molecule has 40 heavy (non-hydrogen) atoms. The summed E-state index contributed by atoms with van der Waals surface area (Å²) in [5, 5.41) is 34.1. The average molecular weight is 769 g/mol. The number of nitrogens with two attached hydrogens (primary N) is 2. The summed E-state index contributed by atoms with van der Waals surface area (Å²) < 4.78 is 3.57. The van der Waals surface area contributed by atoms with Gasteiger partial charge >= 0.3 is 5.96 Å². The largest absolute Gasteiger partial charge is 0.370 e. The van der Waals surface area contributed by atoms with Gasteiger partial charge in [0, 0.05) is 29.7 Å². The van der Waals surface area contributed by atoms with Crippen LogP contribution in [-0.2, 0) is 0 Å². The van der Waals surface area contributed by atoms with Crippen molar-refractivity contribution in [1.29, 1.82) is 0 Å². The number of aliphatic hydroxyl groups is 2. The smallest absolute Gasteiger partial charge is 0.348 e. The average Bonchev–Trinajstić information content (AvgIpc) is 3.68. The lowest BCUT2D eigenvalue weighted by molar-refractivity contribution is -0.623. The van der Waals surface area contributed by atoms with Gasteiger partial charge in [-0.25, -0.2) is 14.9 Å². The maximum Gasteiger partial charge on any atom is 0.348 e. The number of guanidine groups is 2. The van der Waals surface area contributed by atoms with E-state index in [2.05, 4.69) is 84.0 Å². The summed E-state index contributed by atoms with van der Waals surface area (Å²) in [5.74, 6) is -2.67. The second-order valence-corrected chi connectivity index (χ2v) is 13.3. The Balaban J connectivity index is 1.36. The van der Waals surface area contributed by atoms with Crippen LogP contribution in [0, 0.1) is 17.8 Å². The van der Waals surface area contributed by atoms with E-state index in [1.165, 1.54) is 0 Å². The van der Waals surface area contributed by atoms with Crippen LogP contribution in [0.2, 0.25) is 0 Å². The van der Waals surface area contributed by atoms with Gasteiger partial charge in [-0.1, -0.05) is 0 Å². The molecule has 0 bridgehead atoms. The van der Waals surface area contributed by atoms with E-state index < -0.39 is 46.8 Å². The van der Waals surface area contributed by atoms with Crippen molar-refractivity contribution < 1.29 is 24.4 Å². The number of carbonyl (C=O) groups excluding carboxylic acids is 2. The Bertz CT molecular complexity index is 1460. The molecule has 2 fully saturated rings. The number of alkyl halides is 1. The zero-order valence-electron chi connectivity index (χ0n) is 20.4. The van der Waals surface area contributed by atoms with Crippen LogP contribution >= 0.6 is 59.4 Å². The van der Waals surface area contributed by atoms with Crippen LogP contribution in [0.25, 0.3) is 0 Å². The summed E-state index contributed by atoms with van der Waals surface area (Å²) in [6, 6.07) is 3.26. The fourth-order valence-electron chi connectivity index (χ4n) is 6.80. The molecule has 6 rings (SSSR count). The maximum absolute atomic E-state index is 13.0. The zero-order chi connectivity index (χ0) is 28.7. The number of nitrogens with one attached hydrogen (secondary N) is 6. The number of aromatic nitrogens is 2. The van der Waals surface area contributed by atoms with Gasteiger partial charge in [0.15, 0.2) is 11.5 Å². The molecule has 3 aliphatic heterocycles. The van der Waals surface area contributed by atoms with E-state index in [1.807, 2.05) is 0 Å². The number of halogens is 4. The van der Waals surface area contributed by atoms with Crippen molar-refractivity contribution in [1.82, 2.24) is 31.2 Å². The summed E-state index contributed by atoms with van der Waals surface area (Å²) in [7, 11) is 0. The number of carbonyl (C=O) groups is 2. The van der Waals surface area contributed by atoms with Gasteiger partial charge in [0.25, 0.3) is 11.8 Å². The van der Waals surface area contributed by atoms with Crippen molar-refractivity contribution >= 4 is 83.1 Å². The number of aromatic amines is 2. The van der Waals surface area contributed by atoms with Crippen molar-refractivity contribution in [2.75, 3.05) is 13.1 Å². The van der Waals surface area contributed by atoms with Gasteiger partial charge in [-0.15, -0.1) is 11.6 Å². The minimum Gasteiger partial charge on any atom is -0.370 e. The Morgan fingerprint density at radius 1 is 1.12 bits per heavy atom. The number of H-pyrrole nitrogens is 2. The summed E-state index contributed by atoms with van der Waals surface area (Å²) in [5.41, 5.74) is 9.79. The van der Waals surface area contributed by atoms with Gasteiger partial charge in [0.1, 0.15) is 11.4 Å². The molecule has 0 aromatic carbocycles. The van der Waals surface area contributed by atoms with Crippen LogP contribution in [0.1, 0.15) is 21.0 Å². The van der Waals surface area contributed by atoms with Crippen molar-refractivity contribution in [2.24, 2.45) is 34.2 Å². The standard InChI is InChI=1S/C22H24Br3ClN10O4/c23-6-1-10(29-3-6)15(37)30-4-7-8(5-31-16(38)11-2-9(24)14(25)32-11)13(26)21-12(7)22(40)17(33-19(27)35-22)36(21)20(28)34-18(21)39/h1-3,7-8,12-13,17-18,39-40H,4-5H2,(H9,27,28,29,30,31,32,33,34,35,37,38)/p+1/t7-,8-,12+,13+,17+,18+,21+,22+/m1/s1. The molecular weight excluding hydrogens is 743 g/mol. The van der Waals surface area contributed by atoms with Gasteiger partial charge < -0.3 is 41.9 Å². The molecular formula is C22H25Br3ClN10O4+. The SMILES string of the molecule is NC1=N[C@H]2[N+]3=C(N)N[C@@H](O)[C@@]34[C@H]([C@H](CNC(=O)c3cc(Br)c[nH]3)[C@@H](CNC(=O)c3cc(Br)c(Br)[nH]3)[C@@H]4Cl)[C@@]2(O)N1. The van der Waals surface area contributed by atoms with Gasteiger partial charge in [0.2, 0.25) is 18.1 Å². The number of aliphatic imine (C=N–C) groups is 1. The predicted molar refractivity (Wildman–Crippen MR) is 154 cm³/mol. The van der Waals surface area contributed by atoms with Gasteiger partial charge in [-0.2, -0.15) is 0 Å². The Morgan fingerprint density at radius 2 is 1.80 bits per heavy atom. The van der Waals surface area contributed by atoms with E-state index in [9.17, 15) is 19.8 Å². The number of fused-ring (bicyclic) bond motifs is 3. The third-order valence-electron chi connectivity index (χ3n) is 8.25. The second-order valence-electron chi connectivity index (χ2n) is 10.2. The molecule has 1 saturated heterocycles. The molecule has 8 atom stereocenters. The molecule has 1 aliphatic carbocycles. The highest BCUT2D eigenvalue weighted by Gasteiger charge is 2.83. The third-order valence-corrected chi connectivity index (χ3v) is 11.2. The summed E-state index contributed by atoms with van der Waals surface area (Å²) in [6.45, 7) is 0.105. The highest BCUT2D eigenvalue weighted by molar-refractivity contribution is 9.13. The third kappa shape index (κ3) is 3.84. The molecule has 1 spiro atoms. The molecule has 14 nitrogen and oxygen atoms in total. The van der Waals surface area contributed by atoms with Crippen molar-refractivity contribution in [3.63, 3.8) is 0 Å². The van der Waals surface area contributed by atoms with E-state index in [0.717, 1.165) is 0 Å². The highest BCUT2D eigenvalue weighted by Crippen LogP contribution is 2.61. The monoisotopic (exact) mass is 765 g/mol. The lowest BCUT2D eigenvalue weighted by Gasteiger charge is -2.35. The predicted octanol–water partition coefficient (Wildman–Crippen LogP) is -0.806. The quantitative estimate of drug-likeness (QED) is 0.132. The normalized spacial score (nSPS) is 35.5. The summed E-state index contributed by atoms with van der Waals surface area (Å²) in [6.07, 6.45) is -0.639. The van der Waals surface area contributed by atoms with Crippen LogP contribution in [0.4, 0.5) is 0 Å². The van der Waals surface area contributed by atoms with E-state index in [0.29, 0.717) is 24.9 Å². The van der Waals surface area contributed by atoms with E-state index in [4.69, 9.17) is 23.1 Å². The first-order valence-corrected chi connectivity index (χ1v) is 15.0. The maximum atomic E-state index is 13.0. The van der Waals surface area contributed by atoms with Crippen LogP contribution in [0.15, 0.2) is 36.9 Å². The molecule has 214 valence electrons. The van der Waals surface area contributed by atoms with Crippen LogP contribution in [0.3, 0.4) is 0 Å². The first kappa shape index (κ1) is 27.8. The van der Waals surface area contributed by atoms with Crippen LogP contribution in [-0.4, -0.2) is 90.6 Å². The molecule has 2 aromatic rings. The molecule has 1 saturated carbocycles. The molecule has 5 heterocycles. The summed E-state index contributed by atoms with van der Waals surface area (Å²) in [4.78, 5) is 36.2. The highest BCUT2D eigenvalue weighted by atomic mass is 79.9. The number of hydrogen-bond donors (Lipinski definition) is 10. The fraction of sp³-hybridized carbons (Fsp3) is 0.455. The lowest BCUT2D eigenvalue weighted by atomic mass is 9.77. The van der Waals surface area contributed by atoms with E-state index >= 15 is 0 Å². The van der Waals surface area contributed by atoms with E-state index in [-0.39, 0.29) is 36.8 Å². The number of nitrogens with zero attached hydrogens (tertiary/aromatic N) is 2. The fourth-order valence-corrected chi connectivity index (χ4v) is 8.43. The first-order chi connectivity index (χ1) is 18.9. The number of rotatable bonds is 6. The molecule has 2 aromatic heterocycles. The molecule has 18 heteroatoms. The number of amides is 2. The Morgan fingerprint density at radius 3 is 2.42 bits per heavy atom. The Hall–Kier alpha value is -2.31. The van der Waals surface area contributed by atoms with Crippen molar-refractivity contribution in [2.45, 2.75) is 29.0 Å². The molecule has 2 amide bonds. The van der Waals surface area contributed by atoms with E-state index in [1.54, 1.807) is 22.9 Å².